The van der Waals surface area contributed by atoms with Gasteiger partial charge in [-0.3, -0.25) is 4.79 Å². The van der Waals surface area contributed by atoms with Crippen molar-refractivity contribution in [3.63, 3.8) is 0 Å². The summed E-state index contributed by atoms with van der Waals surface area (Å²) in [7, 11) is 4.01. The number of likely N-dealkylation sites (N-methyl/N-ethyl adjacent to an activating group) is 1. The summed E-state index contributed by atoms with van der Waals surface area (Å²) in [5.41, 5.74) is 7.65. The van der Waals surface area contributed by atoms with Crippen molar-refractivity contribution >= 4 is 22.3 Å². The molecule has 0 saturated heterocycles. The Morgan fingerprint density at radius 2 is 2.19 bits per heavy atom. The van der Waals surface area contributed by atoms with Crippen molar-refractivity contribution in [1.82, 2.24) is 14.9 Å². The van der Waals surface area contributed by atoms with Gasteiger partial charge in [-0.1, -0.05) is 0 Å². The van der Waals surface area contributed by atoms with Gasteiger partial charge in [0.25, 0.3) is 5.56 Å². The number of nitrogens with zero attached hydrogens (tertiary/aromatic N) is 2. The maximum Gasteiger partial charge on any atom is 0.258 e. The molecule has 0 atom stereocenters. The van der Waals surface area contributed by atoms with Gasteiger partial charge in [0, 0.05) is 13.1 Å². The molecule has 0 aliphatic rings. The second-order valence-corrected chi connectivity index (χ2v) is 5.03. The minimum atomic E-state index is -0.190. The Bertz CT molecular complexity index is 653. The normalized spacial score (nSPS) is 11.2. The fraction of sp³-hybridized carbons (Fsp3) is 0.429. The standard InChI is InChI=1S/C14H21N5O2/c1-19(2)4-6-21-5-3-16-13-8-12-10(7-11(13)15)14(20)18-9-17-12/h7-9,16H,3-6,15H2,1-2H3,(H,17,18,20). The number of benzene rings is 1. The number of hydrogen-bond acceptors (Lipinski definition) is 6. The average Bonchev–Trinajstić information content (AvgIpc) is 2.44. The van der Waals surface area contributed by atoms with Crippen LogP contribution in [-0.2, 0) is 4.74 Å². The lowest BCUT2D eigenvalue weighted by Gasteiger charge is -2.12. The largest absolute Gasteiger partial charge is 0.397 e. The molecule has 0 radical (unpaired) electrons. The van der Waals surface area contributed by atoms with Gasteiger partial charge in [-0.15, -0.1) is 0 Å². The van der Waals surface area contributed by atoms with Crippen LogP contribution in [0, 0.1) is 0 Å². The third-order valence-electron chi connectivity index (χ3n) is 3.06. The minimum absolute atomic E-state index is 0.190. The van der Waals surface area contributed by atoms with Gasteiger partial charge < -0.3 is 25.7 Å². The summed E-state index contributed by atoms with van der Waals surface area (Å²) in [4.78, 5) is 20.4. The van der Waals surface area contributed by atoms with E-state index in [-0.39, 0.29) is 5.56 Å². The predicted molar refractivity (Wildman–Crippen MR) is 84.6 cm³/mol. The molecule has 0 aliphatic heterocycles. The van der Waals surface area contributed by atoms with E-state index in [0.29, 0.717) is 36.3 Å². The molecule has 0 unspecified atom stereocenters. The SMILES string of the molecule is CN(C)CCOCCNc1cc2nc[nH]c(=O)c2cc1N. The second kappa shape index (κ2) is 7.05. The van der Waals surface area contributed by atoms with Crippen LogP contribution in [0.5, 0.6) is 0 Å². The highest BCUT2D eigenvalue weighted by Crippen LogP contribution is 2.22. The molecule has 21 heavy (non-hydrogen) atoms. The van der Waals surface area contributed by atoms with Crippen LogP contribution in [0.4, 0.5) is 11.4 Å². The van der Waals surface area contributed by atoms with Crippen LogP contribution in [0.3, 0.4) is 0 Å². The van der Waals surface area contributed by atoms with Crippen molar-refractivity contribution in [1.29, 1.82) is 0 Å². The molecule has 2 rings (SSSR count). The van der Waals surface area contributed by atoms with Crippen LogP contribution in [0.2, 0.25) is 0 Å². The van der Waals surface area contributed by atoms with Crippen molar-refractivity contribution in [3.8, 4) is 0 Å². The summed E-state index contributed by atoms with van der Waals surface area (Å²) in [6, 6.07) is 3.41. The van der Waals surface area contributed by atoms with Crippen LogP contribution < -0.4 is 16.6 Å². The van der Waals surface area contributed by atoms with E-state index in [2.05, 4.69) is 20.2 Å². The molecule has 7 nitrogen and oxygen atoms in total. The lowest BCUT2D eigenvalue weighted by atomic mass is 10.2. The molecule has 1 aromatic carbocycles. The van der Waals surface area contributed by atoms with E-state index in [0.717, 1.165) is 12.2 Å². The van der Waals surface area contributed by atoms with E-state index in [1.807, 2.05) is 14.1 Å². The van der Waals surface area contributed by atoms with E-state index in [4.69, 9.17) is 10.5 Å². The van der Waals surface area contributed by atoms with Gasteiger partial charge in [-0.25, -0.2) is 4.98 Å². The number of fused-ring (bicyclic) bond motifs is 1. The summed E-state index contributed by atoms with van der Waals surface area (Å²) < 4.78 is 5.50. The molecule has 0 saturated carbocycles. The summed E-state index contributed by atoms with van der Waals surface area (Å²) in [6.07, 6.45) is 1.38. The zero-order valence-corrected chi connectivity index (χ0v) is 12.3. The van der Waals surface area contributed by atoms with Gasteiger partial charge in [0.2, 0.25) is 0 Å². The Hall–Kier alpha value is -2.12. The van der Waals surface area contributed by atoms with Crippen molar-refractivity contribution < 1.29 is 4.74 Å². The van der Waals surface area contributed by atoms with Gasteiger partial charge in [0.1, 0.15) is 0 Å². The first kappa shape index (κ1) is 15.3. The summed E-state index contributed by atoms with van der Waals surface area (Å²) in [6.45, 7) is 2.82. The number of nitrogen functional groups attached to an aromatic ring is 1. The number of H-pyrrole nitrogens is 1. The third kappa shape index (κ3) is 4.17. The zero-order chi connectivity index (χ0) is 15.2. The Morgan fingerprint density at radius 3 is 2.95 bits per heavy atom. The number of rotatable bonds is 7. The molecule has 1 heterocycles. The molecule has 4 N–H and O–H groups in total. The molecule has 0 fully saturated rings. The Morgan fingerprint density at radius 1 is 1.38 bits per heavy atom. The van der Waals surface area contributed by atoms with Gasteiger partial charge in [0.15, 0.2) is 0 Å². The first-order valence-corrected chi connectivity index (χ1v) is 6.81. The first-order chi connectivity index (χ1) is 10.1. The molecule has 0 spiro atoms. The molecular weight excluding hydrogens is 270 g/mol. The fourth-order valence-corrected chi connectivity index (χ4v) is 1.89. The van der Waals surface area contributed by atoms with E-state index < -0.39 is 0 Å². The molecule has 1 aromatic heterocycles. The molecule has 114 valence electrons. The number of ether oxygens (including phenoxy) is 1. The van der Waals surface area contributed by atoms with Gasteiger partial charge >= 0.3 is 0 Å². The van der Waals surface area contributed by atoms with E-state index in [9.17, 15) is 4.79 Å². The molecule has 0 aliphatic carbocycles. The number of anilines is 2. The quantitative estimate of drug-likeness (QED) is 0.508. The van der Waals surface area contributed by atoms with E-state index in [1.54, 1.807) is 12.1 Å². The monoisotopic (exact) mass is 291 g/mol. The topological polar surface area (TPSA) is 96.3 Å². The number of nitrogens with two attached hydrogens (primary N) is 1. The smallest absolute Gasteiger partial charge is 0.258 e. The van der Waals surface area contributed by atoms with Crippen molar-refractivity contribution in [3.05, 3.63) is 28.8 Å². The number of nitrogens with one attached hydrogen (secondary N) is 2. The van der Waals surface area contributed by atoms with Crippen molar-refractivity contribution in [2.24, 2.45) is 0 Å². The lowest BCUT2D eigenvalue weighted by Crippen LogP contribution is -2.20. The molecule has 7 heteroatoms. The van der Waals surface area contributed by atoms with Gasteiger partial charge in [0.05, 0.1) is 41.8 Å². The van der Waals surface area contributed by atoms with Crippen LogP contribution in [0.25, 0.3) is 10.9 Å². The number of aromatic nitrogens is 2. The highest BCUT2D eigenvalue weighted by molar-refractivity contribution is 5.88. The maximum absolute atomic E-state index is 11.6. The minimum Gasteiger partial charge on any atom is -0.397 e. The molecule has 0 bridgehead atoms. The average molecular weight is 291 g/mol. The lowest BCUT2D eigenvalue weighted by molar-refractivity contribution is 0.126. The van der Waals surface area contributed by atoms with Gasteiger partial charge in [-0.05, 0) is 26.2 Å². The highest BCUT2D eigenvalue weighted by Gasteiger charge is 2.05. The Labute approximate surface area is 123 Å². The van der Waals surface area contributed by atoms with Crippen molar-refractivity contribution in [2.75, 3.05) is 51.4 Å². The van der Waals surface area contributed by atoms with Crippen LogP contribution >= 0.6 is 0 Å². The molecular formula is C14H21N5O2. The summed E-state index contributed by atoms with van der Waals surface area (Å²) in [5, 5.41) is 3.69. The van der Waals surface area contributed by atoms with E-state index in [1.165, 1.54) is 6.33 Å². The maximum atomic E-state index is 11.6. The van der Waals surface area contributed by atoms with E-state index >= 15 is 0 Å². The highest BCUT2D eigenvalue weighted by atomic mass is 16.5. The van der Waals surface area contributed by atoms with Crippen LogP contribution in [0.15, 0.2) is 23.3 Å². The zero-order valence-electron chi connectivity index (χ0n) is 12.3. The molecule has 0 amide bonds. The molecule has 2 aromatic rings. The number of hydrogen-bond donors (Lipinski definition) is 3. The summed E-state index contributed by atoms with van der Waals surface area (Å²) in [5.74, 6) is 0. The fourth-order valence-electron chi connectivity index (χ4n) is 1.89. The van der Waals surface area contributed by atoms with Crippen molar-refractivity contribution in [2.45, 2.75) is 0 Å². The van der Waals surface area contributed by atoms with Gasteiger partial charge in [-0.2, -0.15) is 0 Å². The van der Waals surface area contributed by atoms with Crippen LogP contribution in [-0.4, -0.2) is 55.3 Å². The van der Waals surface area contributed by atoms with Crippen LogP contribution in [0.1, 0.15) is 0 Å². The third-order valence-corrected chi connectivity index (χ3v) is 3.06. The Balaban J connectivity index is 1.93. The Kier molecular flexibility index (Phi) is 5.13. The number of aromatic amines is 1. The second-order valence-electron chi connectivity index (χ2n) is 5.03. The predicted octanol–water partition coefficient (Wildman–Crippen LogP) is 0.495. The first-order valence-electron chi connectivity index (χ1n) is 6.81. The summed E-state index contributed by atoms with van der Waals surface area (Å²) >= 11 is 0.